The molecule has 1 amide bonds. The van der Waals surface area contributed by atoms with Crippen molar-refractivity contribution in [1.29, 1.82) is 0 Å². The lowest BCUT2D eigenvalue weighted by Crippen LogP contribution is -2.11. The number of nitrogens with one attached hydrogen (secondary N) is 1. The van der Waals surface area contributed by atoms with E-state index < -0.39 is 0 Å². The average molecular weight is 315 g/mol. The van der Waals surface area contributed by atoms with Crippen LogP contribution < -0.4 is 5.32 Å². The molecular formula is C19H13N3O2. The van der Waals surface area contributed by atoms with Gasteiger partial charge in [-0.2, -0.15) is 0 Å². The predicted octanol–water partition coefficient (Wildman–Crippen LogP) is 4.14. The van der Waals surface area contributed by atoms with Gasteiger partial charge in [-0.05, 0) is 42.5 Å². The van der Waals surface area contributed by atoms with Crippen molar-refractivity contribution in [3.63, 3.8) is 0 Å². The molecule has 4 aromatic rings. The Morgan fingerprint density at radius 3 is 2.67 bits per heavy atom. The summed E-state index contributed by atoms with van der Waals surface area (Å²) in [4.78, 5) is 20.6. The highest BCUT2D eigenvalue weighted by molar-refractivity contribution is 6.04. The van der Waals surface area contributed by atoms with Crippen LogP contribution in [0.3, 0.4) is 0 Å². The van der Waals surface area contributed by atoms with Crippen LogP contribution in [0, 0.1) is 0 Å². The van der Waals surface area contributed by atoms with Gasteiger partial charge >= 0.3 is 0 Å². The quantitative estimate of drug-likeness (QED) is 0.617. The fraction of sp³-hybridized carbons (Fsp3) is 0. The smallest absolute Gasteiger partial charge is 0.257 e. The zero-order valence-electron chi connectivity index (χ0n) is 12.6. The molecule has 0 radical (unpaired) electrons. The number of hydrogen-bond donors (Lipinski definition) is 1. The second-order valence-electron chi connectivity index (χ2n) is 5.26. The monoisotopic (exact) mass is 315 g/mol. The van der Waals surface area contributed by atoms with Crippen LogP contribution in [0.5, 0.6) is 0 Å². The van der Waals surface area contributed by atoms with Gasteiger partial charge in [-0.3, -0.25) is 9.78 Å². The van der Waals surface area contributed by atoms with E-state index in [1.165, 1.54) is 6.20 Å². The van der Waals surface area contributed by atoms with E-state index in [9.17, 15) is 4.79 Å². The summed E-state index contributed by atoms with van der Waals surface area (Å²) in [5.74, 6) is 0.343. The lowest BCUT2D eigenvalue weighted by molar-refractivity contribution is 0.102. The third kappa shape index (κ3) is 2.75. The Labute approximate surface area is 138 Å². The van der Waals surface area contributed by atoms with E-state index in [0.717, 1.165) is 5.56 Å². The molecule has 0 spiro atoms. The van der Waals surface area contributed by atoms with Crippen molar-refractivity contribution in [3.8, 4) is 11.5 Å². The number of fused-ring (bicyclic) bond motifs is 1. The molecule has 2 aromatic carbocycles. The second kappa shape index (κ2) is 5.96. The SMILES string of the molecule is O=C(Nc1ccc2oc(-c3ccccc3)nc2c1)c1cccnc1. The Balaban J connectivity index is 1.63. The Bertz CT molecular complexity index is 995. The van der Waals surface area contributed by atoms with Crippen molar-refractivity contribution < 1.29 is 9.21 Å². The first kappa shape index (κ1) is 14.1. The highest BCUT2D eigenvalue weighted by Crippen LogP contribution is 2.26. The number of anilines is 1. The van der Waals surface area contributed by atoms with Gasteiger partial charge in [0.1, 0.15) is 5.52 Å². The fourth-order valence-electron chi connectivity index (χ4n) is 2.41. The molecule has 0 aliphatic rings. The molecule has 0 aliphatic carbocycles. The van der Waals surface area contributed by atoms with Crippen LogP contribution in [0.1, 0.15) is 10.4 Å². The highest BCUT2D eigenvalue weighted by atomic mass is 16.3. The van der Waals surface area contributed by atoms with Gasteiger partial charge in [-0.1, -0.05) is 18.2 Å². The van der Waals surface area contributed by atoms with E-state index in [1.54, 1.807) is 36.5 Å². The number of benzene rings is 2. The predicted molar refractivity (Wildman–Crippen MR) is 91.6 cm³/mol. The van der Waals surface area contributed by atoms with Crippen molar-refractivity contribution in [1.82, 2.24) is 9.97 Å². The van der Waals surface area contributed by atoms with Crippen LogP contribution in [0.25, 0.3) is 22.6 Å². The maximum absolute atomic E-state index is 12.2. The first-order valence-electron chi connectivity index (χ1n) is 7.47. The van der Waals surface area contributed by atoms with Crippen LogP contribution in [0.2, 0.25) is 0 Å². The van der Waals surface area contributed by atoms with Crippen LogP contribution in [0.4, 0.5) is 5.69 Å². The maximum Gasteiger partial charge on any atom is 0.257 e. The number of pyridine rings is 1. The lowest BCUT2D eigenvalue weighted by Gasteiger charge is -2.04. The molecule has 0 atom stereocenters. The van der Waals surface area contributed by atoms with Crippen LogP contribution >= 0.6 is 0 Å². The first-order valence-corrected chi connectivity index (χ1v) is 7.47. The van der Waals surface area contributed by atoms with Crippen LogP contribution in [0.15, 0.2) is 77.5 Å². The van der Waals surface area contributed by atoms with Crippen molar-refractivity contribution in [2.75, 3.05) is 5.32 Å². The summed E-state index contributed by atoms with van der Waals surface area (Å²) in [5.41, 5.74) is 3.44. The largest absolute Gasteiger partial charge is 0.436 e. The van der Waals surface area contributed by atoms with Gasteiger partial charge in [0.2, 0.25) is 5.89 Å². The molecule has 24 heavy (non-hydrogen) atoms. The van der Waals surface area contributed by atoms with Gasteiger partial charge < -0.3 is 9.73 Å². The zero-order chi connectivity index (χ0) is 16.4. The number of rotatable bonds is 3. The summed E-state index contributed by atoms with van der Waals surface area (Å²) in [5, 5.41) is 2.84. The number of amides is 1. The number of hydrogen-bond acceptors (Lipinski definition) is 4. The number of carbonyl (C=O) groups excluding carboxylic acids is 1. The third-order valence-electron chi connectivity index (χ3n) is 3.59. The highest BCUT2D eigenvalue weighted by Gasteiger charge is 2.10. The Kier molecular flexibility index (Phi) is 3.51. The standard InChI is InChI=1S/C19H13N3O2/c23-18(14-7-4-10-20-12-14)21-15-8-9-17-16(11-15)22-19(24-17)13-5-2-1-3-6-13/h1-12H,(H,21,23). The van der Waals surface area contributed by atoms with E-state index in [0.29, 0.717) is 28.2 Å². The summed E-state index contributed by atoms with van der Waals surface area (Å²) in [6.07, 6.45) is 3.15. The third-order valence-corrected chi connectivity index (χ3v) is 3.59. The van der Waals surface area contributed by atoms with Crippen molar-refractivity contribution in [2.45, 2.75) is 0 Å². The molecule has 0 saturated heterocycles. The molecule has 0 aliphatic heterocycles. The van der Waals surface area contributed by atoms with Crippen LogP contribution in [-0.4, -0.2) is 15.9 Å². The molecular weight excluding hydrogens is 302 g/mol. The molecule has 4 rings (SSSR count). The fourth-order valence-corrected chi connectivity index (χ4v) is 2.41. The van der Waals surface area contributed by atoms with Gasteiger partial charge in [-0.25, -0.2) is 4.98 Å². The minimum Gasteiger partial charge on any atom is -0.436 e. The number of nitrogens with zero attached hydrogens (tertiary/aromatic N) is 2. The van der Waals surface area contributed by atoms with E-state index in [1.807, 2.05) is 30.3 Å². The van der Waals surface area contributed by atoms with Gasteiger partial charge in [0.05, 0.1) is 5.56 Å². The lowest BCUT2D eigenvalue weighted by atomic mass is 10.2. The van der Waals surface area contributed by atoms with E-state index in [4.69, 9.17) is 4.42 Å². The summed E-state index contributed by atoms with van der Waals surface area (Å²) in [7, 11) is 0. The topological polar surface area (TPSA) is 68.0 Å². The molecule has 1 N–H and O–H groups in total. The second-order valence-corrected chi connectivity index (χ2v) is 5.26. The van der Waals surface area contributed by atoms with Gasteiger partial charge in [0.15, 0.2) is 5.58 Å². The van der Waals surface area contributed by atoms with Gasteiger partial charge in [0.25, 0.3) is 5.91 Å². The van der Waals surface area contributed by atoms with Crippen molar-refractivity contribution in [3.05, 3.63) is 78.6 Å². The molecule has 5 nitrogen and oxygen atoms in total. The zero-order valence-corrected chi connectivity index (χ0v) is 12.6. The normalized spacial score (nSPS) is 10.7. The number of aromatic nitrogens is 2. The molecule has 0 fully saturated rings. The number of oxazole rings is 1. The maximum atomic E-state index is 12.2. The molecule has 0 bridgehead atoms. The molecule has 2 aromatic heterocycles. The van der Waals surface area contributed by atoms with Crippen molar-refractivity contribution >= 4 is 22.7 Å². The summed E-state index contributed by atoms with van der Waals surface area (Å²) < 4.78 is 5.76. The van der Waals surface area contributed by atoms with Crippen LogP contribution in [-0.2, 0) is 0 Å². The summed E-state index contributed by atoms with van der Waals surface area (Å²) >= 11 is 0. The van der Waals surface area contributed by atoms with E-state index >= 15 is 0 Å². The summed E-state index contributed by atoms with van der Waals surface area (Å²) in [6.45, 7) is 0. The summed E-state index contributed by atoms with van der Waals surface area (Å²) in [6, 6.07) is 18.5. The Morgan fingerprint density at radius 1 is 1.00 bits per heavy atom. The number of carbonyl (C=O) groups is 1. The first-order chi connectivity index (χ1) is 11.8. The van der Waals surface area contributed by atoms with Gasteiger partial charge in [0, 0.05) is 23.6 Å². The molecule has 2 heterocycles. The molecule has 5 heteroatoms. The average Bonchev–Trinajstić information content (AvgIpc) is 3.06. The van der Waals surface area contributed by atoms with Crippen molar-refractivity contribution in [2.24, 2.45) is 0 Å². The molecule has 0 unspecified atom stereocenters. The minimum atomic E-state index is -0.214. The minimum absolute atomic E-state index is 0.214. The molecule has 116 valence electrons. The van der Waals surface area contributed by atoms with E-state index in [-0.39, 0.29) is 5.91 Å². The van der Waals surface area contributed by atoms with Gasteiger partial charge in [-0.15, -0.1) is 0 Å². The Morgan fingerprint density at radius 2 is 1.88 bits per heavy atom. The Hall–Kier alpha value is -3.47. The molecule has 0 saturated carbocycles. The van der Waals surface area contributed by atoms with E-state index in [2.05, 4.69) is 15.3 Å².